The Morgan fingerprint density at radius 3 is 2.54 bits per heavy atom. The molecule has 3 aliphatic rings. The molecule has 3 heteroatoms. The lowest BCUT2D eigenvalue weighted by Gasteiger charge is -2.53. The van der Waals surface area contributed by atoms with Crippen LogP contribution in [0, 0.1) is 5.92 Å². The average molecular weight is 182 g/mol. The van der Waals surface area contributed by atoms with Gasteiger partial charge in [0.2, 0.25) is 5.91 Å². The van der Waals surface area contributed by atoms with Crippen LogP contribution in [0.15, 0.2) is 0 Å². The van der Waals surface area contributed by atoms with Crippen molar-refractivity contribution in [1.29, 1.82) is 0 Å². The summed E-state index contributed by atoms with van der Waals surface area (Å²) in [5, 5.41) is 3.33. The standard InChI is InChI=1S/C10H18N2O/c1-7(2)3-10(13)12-8-4-9(12)6-11-5-8/h7-9,11H,3-6H2,1-2H3. The topological polar surface area (TPSA) is 32.3 Å². The van der Waals surface area contributed by atoms with E-state index in [9.17, 15) is 4.79 Å². The molecule has 3 fully saturated rings. The number of carbonyl (C=O) groups excluding carboxylic acids is 1. The van der Waals surface area contributed by atoms with Crippen molar-refractivity contribution in [2.45, 2.75) is 38.8 Å². The fourth-order valence-electron chi connectivity index (χ4n) is 2.34. The van der Waals surface area contributed by atoms with E-state index in [1.165, 1.54) is 6.42 Å². The summed E-state index contributed by atoms with van der Waals surface area (Å²) in [4.78, 5) is 13.8. The first kappa shape index (κ1) is 9.00. The van der Waals surface area contributed by atoms with Gasteiger partial charge in [-0.15, -0.1) is 0 Å². The zero-order chi connectivity index (χ0) is 9.42. The van der Waals surface area contributed by atoms with Gasteiger partial charge in [0.25, 0.3) is 0 Å². The lowest BCUT2D eigenvalue weighted by atomic mass is 9.88. The van der Waals surface area contributed by atoms with Gasteiger partial charge in [-0.05, 0) is 12.3 Å². The summed E-state index contributed by atoms with van der Waals surface area (Å²) in [6, 6.07) is 1.01. The van der Waals surface area contributed by atoms with E-state index in [1.54, 1.807) is 0 Å². The fourth-order valence-corrected chi connectivity index (χ4v) is 2.34. The second-order valence-corrected chi connectivity index (χ2v) is 4.60. The molecule has 3 heterocycles. The summed E-state index contributed by atoms with van der Waals surface area (Å²) in [7, 11) is 0. The van der Waals surface area contributed by atoms with Crippen LogP contribution in [0.1, 0.15) is 26.7 Å². The van der Waals surface area contributed by atoms with Gasteiger partial charge < -0.3 is 10.2 Å². The lowest BCUT2D eigenvalue weighted by molar-refractivity contribution is -0.148. The van der Waals surface area contributed by atoms with Gasteiger partial charge in [-0.3, -0.25) is 4.79 Å². The Hall–Kier alpha value is -0.570. The van der Waals surface area contributed by atoms with Crippen molar-refractivity contribution in [3.63, 3.8) is 0 Å². The Bertz CT molecular complexity index is 201. The van der Waals surface area contributed by atoms with Crippen LogP contribution < -0.4 is 5.32 Å². The van der Waals surface area contributed by atoms with Gasteiger partial charge in [0, 0.05) is 31.6 Å². The van der Waals surface area contributed by atoms with Gasteiger partial charge in [0.15, 0.2) is 0 Å². The van der Waals surface area contributed by atoms with E-state index in [-0.39, 0.29) is 0 Å². The molecule has 2 atom stereocenters. The smallest absolute Gasteiger partial charge is 0.223 e. The van der Waals surface area contributed by atoms with Crippen molar-refractivity contribution in [3.8, 4) is 0 Å². The van der Waals surface area contributed by atoms with Gasteiger partial charge in [0.1, 0.15) is 0 Å². The first-order valence-electron chi connectivity index (χ1n) is 5.20. The Morgan fingerprint density at radius 1 is 1.46 bits per heavy atom. The molecule has 74 valence electrons. The highest BCUT2D eigenvalue weighted by Crippen LogP contribution is 2.29. The monoisotopic (exact) mass is 182 g/mol. The average Bonchev–Trinajstić information content (AvgIpc) is 2.03. The van der Waals surface area contributed by atoms with Crippen LogP contribution in [0.25, 0.3) is 0 Å². The van der Waals surface area contributed by atoms with Crippen LogP contribution in [0.4, 0.5) is 0 Å². The summed E-state index contributed by atoms with van der Waals surface area (Å²) in [5.74, 6) is 0.847. The quantitative estimate of drug-likeness (QED) is 0.678. The van der Waals surface area contributed by atoms with Crippen LogP contribution in [0.2, 0.25) is 0 Å². The number of hydrogen-bond acceptors (Lipinski definition) is 2. The zero-order valence-electron chi connectivity index (χ0n) is 8.42. The number of nitrogens with one attached hydrogen (secondary N) is 1. The van der Waals surface area contributed by atoms with Crippen molar-refractivity contribution in [3.05, 3.63) is 0 Å². The highest BCUT2D eigenvalue weighted by molar-refractivity contribution is 5.78. The number of hydrogen-bond donors (Lipinski definition) is 1. The second-order valence-electron chi connectivity index (χ2n) is 4.60. The van der Waals surface area contributed by atoms with Crippen LogP contribution in [-0.4, -0.2) is 36.0 Å². The molecule has 3 rings (SSSR count). The summed E-state index contributed by atoms with van der Waals surface area (Å²) >= 11 is 0. The molecule has 2 bridgehead atoms. The van der Waals surface area contributed by atoms with Crippen LogP contribution >= 0.6 is 0 Å². The third-order valence-electron chi connectivity index (χ3n) is 2.96. The first-order valence-corrected chi connectivity index (χ1v) is 5.20. The maximum Gasteiger partial charge on any atom is 0.223 e. The zero-order valence-corrected chi connectivity index (χ0v) is 8.42. The van der Waals surface area contributed by atoms with E-state index in [0.717, 1.165) is 13.1 Å². The maximum absolute atomic E-state index is 11.7. The van der Waals surface area contributed by atoms with Gasteiger partial charge in [-0.25, -0.2) is 0 Å². The van der Waals surface area contributed by atoms with Crippen molar-refractivity contribution >= 4 is 5.91 Å². The summed E-state index contributed by atoms with van der Waals surface area (Å²) < 4.78 is 0. The van der Waals surface area contributed by atoms with E-state index < -0.39 is 0 Å². The molecule has 0 radical (unpaired) electrons. The van der Waals surface area contributed by atoms with Gasteiger partial charge in [0.05, 0.1) is 0 Å². The summed E-state index contributed by atoms with van der Waals surface area (Å²) in [6.45, 7) is 6.21. The number of rotatable bonds is 2. The minimum Gasteiger partial charge on any atom is -0.334 e. The highest BCUT2D eigenvalue weighted by atomic mass is 16.2. The van der Waals surface area contributed by atoms with Crippen molar-refractivity contribution in [2.24, 2.45) is 5.92 Å². The molecule has 1 amide bonds. The molecular formula is C10H18N2O. The first-order chi connectivity index (χ1) is 6.18. The predicted octanol–water partition coefficient (Wildman–Crippen LogP) is 0.605. The molecule has 0 aromatic heterocycles. The normalized spacial score (nSPS) is 31.8. The molecule has 13 heavy (non-hydrogen) atoms. The molecule has 3 nitrogen and oxygen atoms in total. The summed E-state index contributed by atoms with van der Waals surface area (Å²) in [5.41, 5.74) is 0. The molecule has 1 N–H and O–H groups in total. The van der Waals surface area contributed by atoms with Gasteiger partial charge in [-0.1, -0.05) is 13.8 Å². The van der Waals surface area contributed by atoms with Crippen LogP contribution in [-0.2, 0) is 4.79 Å². The molecule has 3 saturated heterocycles. The number of amides is 1. The Labute approximate surface area is 79.5 Å². The van der Waals surface area contributed by atoms with E-state index in [0.29, 0.717) is 30.3 Å². The van der Waals surface area contributed by atoms with Crippen LogP contribution in [0.3, 0.4) is 0 Å². The largest absolute Gasteiger partial charge is 0.334 e. The fraction of sp³-hybridized carbons (Fsp3) is 0.900. The maximum atomic E-state index is 11.7. The minimum absolute atomic E-state index is 0.359. The third kappa shape index (κ3) is 1.57. The molecule has 0 spiro atoms. The molecular weight excluding hydrogens is 164 g/mol. The number of fused-ring (bicyclic) bond motifs is 2. The van der Waals surface area contributed by atoms with E-state index in [1.807, 2.05) is 0 Å². The summed E-state index contributed by atoms with van der Waals surface area (Å²) in [6.07, 6.45) is 1.93. The second kappa shape index (κ2) is 3.29. The number of carbonyl (C=O) groups is 1. The molecule has 3 aliphatic heterocycles. The van der Waals surface area contributed by atoms with E-state index in [2.05, 4.69) is 24.1 Å². The Balaban J connectivity index is 1.91. The number of nitrogens with zero attached hydrogens (tertiary/aromatic N) is 1. The predicted molar refractivity (Wildman–Crippen MR) is 51.4 cm³/mol. The lowest BCUT2D eigenvalue weighted by Crippen LogP contribution is -2.69. The van der Waals surface area contributed by atoms with E-state index in [4.69, 9.17) is 0 Å². The molecule has 0 aliphatic carbocycles. The number of piperazine rings is 1. The third-order valence-corrected chi connectivity index (χ3v) is 2.96. The Kier molecular flexibility index (Phi) is 2.28. The molecule has 0 aromatic carbocycles. The van der Waals surface area contributed by atoms with Crippen molar-refractivity contribution in [2.75, 3.05) is 13.1 Å². The van der Waals surface area contributed by atoms with Gasteiger partial charge in [-0.2, -0.15) is 0 Å². The van der Waals surface area contributed by atoms with Crippen LogP contribution in [0.5, 0.6) is 0 Å². The van der Waals surface area contributed by atoms with E-state index >= 15 is 0 Å². The minimum atomic E-state index is 0.359. The number of piperidine rings is 1. The van der Waals surface area contributed by atoms with Crippen molar-refractivity contribution < 1.29 is 4.79 Å². The van der Waals surface area contributed by atoms with Crippen molar-refractivity contribution in [1.82, 2.24) is 10.2 Å². The Morgan fingerprint density at radius 2 is 2.08 bits per heavy atom. The molecule has 0 saturated carbocycles. The SMILES string of the molecule is CC(C)CC(=O)N1C2CNCC1C2. The molecule has 2 unspecified atom stereocenters. The highest BCUT2D eigenvalue weighted by Gasteiger charge is 2.43. The van der Waals surface area contributed by atoms with Gasteiger partial charge >= 0.3 is 0 Å². The molecule has 0 aromatic rings.